The average molecular weight is 441 g/mol. The van der Waals surface area contributed by atoms with E-state index in [1.165, 1.54) is 0 Å². The highest BCUT2D eigenvalue weighted by Crippen LogP contribution is 2.47. The second kappa shape index (κ2) is 9.28. The molecule has 4 nitrogen and oxygen atoms in total. The first kappa shape index (κ1) is 20.4. The number of methoxy groups -OCH3 is 2. The fourth-order valence-electron chi connectivity index (χ4n) is 3.11. The van der Waals surface area contributed by atoms with Crippen molar-refractivity contribution in [2.75, 3.05) is 26.7 Å². The maximum absolute atomic E-state index is 6.37. The SMILES string of the molecule is COc1cccc(-c2sc3cc(OC)ccc3c2Oc2ccc(OCCCl)cc2)c1. The highest BCUT2D eigenvalue weighted by Gasteiger charge is 2.17. The minimum atomic E-state index is 0.451. The highest BCUT2D eigenvalue weighted by molar-refractivity contribution is 7.22. The minimum Gasteiger partial charge on any atom is -0.497 e. The van der Waals surface area contributed by atoms with E-state index in [9.17, 15) is 0 Å². The van der Waals surface area contributed by atoms with E-state index in [4.69, 9.17) is 30.5 Å². The monoisotopic (exact) mass is 440 g/mol. The summed E-state index contributed by atoms with van der Waals surface area (Å²) in [5, 5.41) is 1.03. The molecule has 1 aromatic heterocycles. The lowest BCUT2D eigenvalue weighted by Gasteiger charge is -2.10. The van der Waals surface area contributed by atoms with Gasteiger partial charge < -0.3 is 18.9 Å². The molecule has 0 saturated heterocycles. The molecule has 0 spiro atoms. The van der Waals surface area contributed by atoms with Crippen LogP contribution >= 0.6 is 22.9 Å². The first-order valence-electron chi connectivity index (χ1n) is 9.43. The van der Waals surface area contributed by atoms with E-state index in [1.54, 1.807) is 25.6 Å². The van der Waals surface area contributed by atoms with E-state index in [1.807, 2.05) is 60.7 Å². The molecule has 0 aliphatic heterocycles. The number of hydrogen-bond acceptors (Lipinski definition) is 5. The first-order valence-corrected chi connectivity index (χ1v) is 10.8. The van der Waals surface area contributed by atoms with E-state index in [0.29, 0.717) is 12.5 Å². The molecule has 0 saturated carbocycles. The molecule has 6 heteroatoms. The fourth-order valence-corrected chi connectivity index (χ4v) is 4.35. The Hall–Kier alpha value is -2.89. The number of hydrogen-bond donors (Lipinski definition) is 0. The maximum Gasteiger partial charge on any atom is 0.153 e. The van der Waals surface area contributed by atoms with Gasteiger partial charge in [-0.1, -0.05) is 12.1 Å². The number of benzene rings is 3. The summed E-state index contributed by atoms with van der Waals surface area (Å²) < 4.78 is 23.8. The van der Waals surface area contributed by atoms with Gasteiger partial charge in [0.2, 0.25) is 0 Å². The molecule has 0 fully saturated rings. The molecule has 4 rings (SSSR count). The third-order valence-electron chi connectivity index (χ3n) is 4.57. The smallest absolute Gasteiger partial charge is 0.153 e. The lowest BCUT2D eigenvalue weighted by Crippen LogP contribution is -1.97. The Morgan fingerprint density at radius 1 is 0.800 bits per heavy atom. The van der Waals surface area contributed by atoms with Crippen LogP contribution in [0, 0.1) is 0 Å². The van der Waals surface area contributed by atoms with Gasteiger partial charge in [-0.25, -0.2) is 0 Å². The van der Waals surface area contributed by atoms with Crippen molar-refractivity contribution < 1.29 is 18.9 Å². The van der Waals surface area contributed by atoms with Gasteiger partial charge in [0.25, 0.3) is 0 Å². The average Bonchev–Trinajstić information content (AvgIpc) is 3.16. The predicted molar refractivity (Wildman–Crippen MR) is 123 cm³/mol. The molecule has 154 valence electrons. The van der Waals surface area contributed by atoms with Gasteiger partial charge in [-0.3, -0.25) is 0 Å². The Bertz CT molecular complexity index is 1140. The second-order valence-corrected chi connectivity index (χ2v) is 7.90. The Morgan fingerprint density at radius 2 is 1.50 bits per heavy atom. The van der Waals surface area contributed by atoms with Gasteiger partial charge in [-0.2, -0.15) is 0 Å². The summed E-state index contributed by atoms with van der Waals surface area (Å²) in [7, 11) is 3.34. The molecule has 0 unspecified atom stereocenters. The summed E-state index contributed by atoms with van der Waals surface area (Å²) >= 11 is 7.34. The van der Waals surface area contributed by atoms with Crippen LogP contribution in [0.4, 0.5) is 0 Å². The second-order valence-electron chi connectivity index (χ2n) is 6.47. The van der Waals surface area contributed by atoms with Crippen molar-refractivity contribution in [2.24, 2.45) is 0 Å². The Morgan fingerprint density at radius 3 is 2.23 bits per heavy atom. The van der Waals surface area contributed by atoms with Crippen LogP contribution in [0.2, 0.25) is 0 Å². The summed E-state index contributed by atoms with van der Waals surface area (Å²) in [6.45, 7) is 0.471. The molecule has 0 atom stereocenters. The summed E-state index contributed by atoms with van der Waals surface area (Å²) in [4.78, 5) is 1.03. The molecule has 30 heavy (non-hydrogen) atoms. The van der Waals surface area contributed by atoms with Crippen molar-refractivity contribution in [2.45, 2.75) is 0 Å². The van der Waals surface area contributed by atoms with Gasteiger partial charge in [-0.15, -0.1) is 22.9 Å². The van der Waals surface area contributed by atoms with Crippen LogP contribution in [0.5, 0.6) is 28.7 Å². The van der Waals surface area contributed by atoms with Crippen LogP contribution in [0.15, 0.2) is 66.7 Å². The van der Waals surface area contributed by atoms with Crippen molar-refractivity contribution >= 4 is 33.0 Å². The van der Waals surface area contributed by atoms with Gasteiger partial charge in [0, 0.05) is 10.1 Å². The Labute approximate surface area is 184 Å². The number of ether oxygens (including phenoxy) is 4. The lowest BCUT2D eigenvalue weighted by molar-refractivity contribution is 0.342. The normalized spacial score (nSPS) is 10.8. The molecular weight excluding hydrogens is 420 g/mol. The van der Waals surface area contributed by atoms with E-state index < -0.39 is 0 Å². The molecule has 0 radical (unpaired) electrons. The summed E-state index contributed by atoms with van der Waals surface area (Å²) in [6.07, 6.45) is 0. The Kier molecular flexibility index (Phi) is 6.31. The zero-order valence-electron chi connectivity index (χ0n) is 16.7. The topological polar surface area (TPSA) is 36.9 Å². The Balaban J connectivity index is 1.76. The lowest BCUT2D eigenvalue weighted by atomic mass is 10.1. The third kappa shape index (κ3) is 4.32. The van der Waals surface area contributed by atoms with Gasteiger partial charge in [-0.05, 0) is 60.2 Å². The van der Waals surface area contributed by atoms with Crippen LogP contribution < -0.4 is 18.9 Å². The number of halogens is 1. The van der Waals surface area contributed by atoms with Crippen molar-refractivity contribution in [3.63, 3.8) is 0 Å². The number of fused-ring (bicyclic) bond motifs is 1. The molecular formula is C24H21ClO4S. The van der Waals surface area contributed by atoms with E-state index in [2.05, 4.69) is 6.07 Å². The zero-order valence-corrected chi connectivity index (χ0v) is 18.3. The third-order valence-corrected chi connectivity index (χ3v) is 5.91. The van der Waals surface area contributed by atoms with Crippen LogP contribution in [-0.4, -0.2) is 26.7 Å². The summed E-state index contributed by atoms with van der Waals surface area (Å²) in [5.74, 6) is 4.36. The number of thiophene rings is 1. The van der Waals surface area contributed by atoms with Gasteiger partial charge >= 0.3 is 0 Å². The molecule has 0 aliphatic carbocycles. The molecule has 0 N–H and O–H groups in total. The summed E-state index contributed by atoms with van der Waals surface area (Å²) in [6, 6.07) is 21.5. The van der Waals surface area contributed by atoms with Gasteiger partial charge in [0.05, 0.1) is 25.0 Å². The van der Waals surface area contributed by atoms with Crippen LogP contribution in [0.25, 0.3) is 20.5 Å². The van der Waals surface area contributed by atoms with Crippen molar-refractivity contribution in [3.05, 3.63) is 66.7 Å². The standard InChI is InChI=1S/C24H21ClO4S/c1-26-19-5-3-4-16(14-19)24-23(21-11-10-20(27-2)15-22(21)30-24)29-18-8-6-17(7-9-18)28-13-12-25/h3-11,14-15H,12-13H2,1-2H3. The van der Waals surface area contributed by atoms with Crippen LogP contribution in [0.1, 0.15) is 0 Å². The van der Waals surface area contributed by atoms with Gasteiger partial charge in [0.15, 0.2) is 5.75 Å². The molecule has 0 bridgehead atoms. The van der Waals surface area contributed by atoms with E-state index in [0.717, 1.165) is 49.3 Å². The quantitative estimate of drug-likeness (QED) is 0.276. The van der Waals surface area contributed by atoms with Gasteiger partial charge in [0.1, 0.15) is 29.6 Å². The van der Waals surface area contributed by atoms with Crippen molar-refractivity contribution in [1.29, 1.82) is 0 Å². The fraction of sp³-hybridized carbons (Fsp3) is 0.167. The first-order chi connectivity index (χ1) is 14.7. The zero-order chi connectivity index (χ0) is 20.9. The van der Waals surface area contributed by atoms with Crippen LogP contribution in [-0.2, 0) is 0 Å². The predicted octanol–water partition coefficient (Wildman–Crippen LogP) is 7.00. The molecule has 0 aliphatic rings. The number of alkyl halides is 1. The van der Waals surface area contributed by atoms with Crippen molar-refractivity contribution in [1.82, 2.24) is 0 Å². The molecule has 3 aromatic carbocycles. The summed E-state index contributed by atoms with van der Waals surface area (Å²) in [5.41, 5.74) is 1.03. The molecule has 1 heterocycles. The van der Waals surface area contributed by atoms with E-state index >= 15 is 0 Å². The van der Waals surface area contributed by atoms with Crippen LogP contribution in [0.3, 0.4) is 0 Å². The minimum absolute atomic E-state index is 0.451. The molecule has 0 amide bonds. The number of rotatable bonds is 8. The van der Waals surface area contributed by atoms with Crippen molar-refractivity contribution in [3.8, 4) is 39.2 Å². The highest BCUT2D eigenvalue weighted by atomic mass is 35.5. The maximum atomic E-state index is 6.37. The molecule has 4 aromatic rings. The largest absolute Gasteiger partial charge is 0.497 e. The van der Waals surface area contributed by atoms with E-state index in [-0.39, 0.29) is 0 Å².